The minimum Gasteiger partial charge on any atom is -0.786 e. The normalized spacial score (nSPS) is 10.1. The van der Waals surface area contributed by atoms with Gasteiger partial charge in [-0.2, -0.15) is 0 Å². The Morgan fingerprint density at radius 1 is 0.760 bits per heavy atom. The first-order valence-corrected chi connectivity index (χ1v) is 9.90. The lowest BCUT2D eigenvalue weighted by Gasteiger charge is -2.15. The van der Waals surface area contributed by atoms with Crippen LogP contribution in [0.5, 0.6) is 0 Å². The zero-order valence-corrected chi connectivity index (χ0v) is 15.9. The van der Waals surface area contributed by atoms with Gasteiger partial charge in [0.25, 0.3) is 0 Å². The third kappa shape index (κ3) is 18.6. The van der Waals surface area contributed by atoms with Gasteiger partial charge < -0.3 is 14.4 Å². The number of halogens is 1. The number of pyridine rings is 2. The van der Waals surface area contributed by atoms with Crippen LogP contribution in [-0.4, -0.2) is 0 Å². The van der Waals surface area contributed by atoms with E-state index < -0.39 is 7.91 Å². The molecular weight excluding hydrogens is 342 g/mol. The molecule has 0 N–H and O–H groups in total. The molecule has 0 radical (unpaired) electrons. The molecule has 0 fully saturated rings. The molecule has 0 spiro atoms. The Morgan fingerprint density at radius 2 is 1.04 bits per heavy atom. The molecule has 0 aliphatic heterocycles. The first-order valence-electron chi connectivity index (χ1n) is 8.46. The van der Waals surface area contributed by atoms with Crippen LogP contribution in [0.2, 0.25) is 0 Å². The molecule has 0 aromatic carbocycles. The van der Waals surface area contributed by atoms with Crippen molar-refractivity contribution in [3.8, 4) is 0 Å². The molecule has 25 heavy (non-hydrogen) atoms. The standard InChI is InChI=1S/2C9H14N.FH2O3P/c2*1-2-3-7-10-8-5-4-6-9-10;1-5(2,3)4/h2*4-6,8-9H,2-3,7H2,1H3;(H2,2,3,4)/q2*+1;/p-2. The SMILES string of the molecule is CCCC[n+]1ccccc1.CCCC[n+]1ccccc1.O=P([O-])([O-])F. The number of nitrogens with zero attached hydrogens (tertiary/aromatic N) is 2. The summed E-state index contributed by atoms with van der Waals surface area (Å²) >= 11 is 0. The lowest BCUT2D eigenvalue weighted by atomic mass is 10.3. The molecule has 0 unspecified atom stereocenters. The van der Waals surface area contributed by atoms with E-state index in [9.17, 15) is 4.20 Å². The molecule has 140 valence electrons. The molecule has 2 aromatic heterocycles. The molecule has 2 aromatic rings. The van der Waals surface area contributed by atoms with Crippen LogP contribution in [0.3, 0.4) is 0 Å². The van der Waals surface area contributed by atoms with Crippen LogP contribution in [0.25, 0.3) is 0 Å². The van der Waals surface area contributed by atoms with Crippen LogP contribution < -0.4 is 18.9 Å². The highest BCUT2D eigenvalue weighted by Gasteiger charge is 1.94. The van der Waals surface area contributed by atoms with Gasteiger partial charge in [-0.15, -0.1) is 0 Å². The first-order chi connectivity index (χ1) is 11.9. The van der Waals surface area contributed by atoms with Crippen LogP contribution >= 0.6 is 7.91 Å². The summed E-state index contributed by atoms with van der Waals surface area (Å²) in [6.45, 7) is 6.72. The maximum absolute atomic E-state index is 10.1. The van der Waals surface area contributed by atoms with Gasteiger partial charge in [0.15, 0.2) is 24.8 Å². The summed E-state index contributed by atoms with van der Waals surface area (Å²) in [6, 6.07) is 12.3. The maximum atomic E-state index is 10.1. The molecule has 0 atom stereocenters. The van der Waals surface area contributed by atoms with Gasteiger partial charge in [0, 0.05) is 37.1 Å². The lowest BCUT2D eigenvalue weighted by molar-refractivity contribution is -0.697. The highest BCUT2D eigenvalue weighted by Crippen LogP contribution is 2.22. The molecule has 0 bridgehead atoms. The zero-order valence-electron chi connectivity index (χ0n) is 15.0. The number of hydrogen-bond acceptors (Lipinski definition) is 3. The average Bonchev–Trinajstić information content (AvgIpc) is 2.59. The van der Waals surface area contributed by atoms with Crippen molar-refractivity contribution in [2.24, 2.45) is 0 Å². The fourth-order valence-electron chi connectivity index (χ4n) is 1.85. The Morgan fingerprint density at radius 3 is 1.28 bits per heavy atom. The van der Waals surface area contributed by atoms with Crippen molar-refractivity contribution in [1.29, 1.82) is 0 Å². The topological polar surface area (TPSA) is 71.0 Å². The van der Waals surface area contributed by atoms with Gasteiger partial charge >= 0.3 is 0 Å². The molecule has 7 heteroatoms. The molecule has 0 aliphatic rings. The van der Waals surface area contributed by atoms with Gasteiger partial charge in [0.1, 0.15) is 21.0 Å². The number of aryl methyl sites for hydroxylation is 2. The average molecular weight is 370 g/mol. The third-order valence-corrected chi connectivity index (χ3v) is 3.09. The summed E-state index contributed by atoms with van der Waals surface area (Å²) in [5.41, 5.74) is 0. The fraction of sp³-hybridized carbons (Fsp3) is 0.444. The van der Waals surface area contributed by atoms with Crippen molar-refractivity contribution in [3.63, 3.8) is 0 Å². The van der Waals surface area contributed by atoms with E-state index in [0.29, 0.717) is 0 Å². The van der Waals surface area contributed by atoms with Crippen molar-refractivity contribution in [3.05, 3.63) is 61.2 Å². The van der Waals surface area contributed by atoms with Gasteiger partial charge in [-0.3, -0.25) is 0 Å². The largest absolute Gasteiger partial charge is 0.786 e. The lowest BCUT2D eigenvalue weighted by Crippen LogP contribution is -2.31. The summed E-state index contributed by atoms with van der Waals surface area (Å²) in [4.78, 5) is 16.9. The Balaban J connectivity index is 0.000000368. The van der Waals surface area contributed by atoms with E-state index in [1.165, 1.54) is 25.7 Å². The van der Waals surface area contributed by atoms with Gasteiger partial charge in [0.05, 0.1) is 0 Å². The van der Waals surface area contributed by atoms with E-state index in [1.54, 1.807) is 0 Å². The highest BCUT2D eigenvalue weighted by molar-refractivity contribution is 7.42. The van der Waals surface area contributed by atoms with Crippen LogP contribution in [0.1, 0.15) is 39.5 Å². The van der Waals surface area contributed by atoms with Crippen molar-refractivity contribution >= 4 is 7.91 Å². The Bertz CT molecular complexity index is 528. The third-order valence-electron chi connectivity index (χ3n) is 3.09. The second kappa shape index (κ2) is 14.7. The van der Waals surface area contributed by atoms with Crippen LogP contribution in [0.4, 0.5) is 4.20 Å². The molecule has 0 aliphatic carbocycles. The predicted molar refractivity (Wildman–Crippen MR) is 91.8 cm³/mol. The second-order valence-electron chi connectivity index (χ2n) is 5.36. The number of aromatic nitrogens is 2. The molecule has 0 saturated carbocycles. The first kappa shape index (κ1) is 23.4. The minimum atomic E-state index is -5.64. The van der Waals surface area contributed by atoms with E-state index >= 15 is 0 Å². The smallest absolute Gasteiger partial charge is 0.168 e. The van der Waals surface area contributed by atoms with Gasteiger partial charge in [-0.1, -0.05) is 38.8 Å². The van der Waals surface area contributed by atoms with E-state index in [-0.39, 0.29) is 0 Å². The number of unbranched alkanes of at least 4 members (excludes halogenated alkanes) is 2. The summed E-state index contributed by atoms with van der Waals surface area (Å²) in [7, 11) is -5.64. The Kier molecular flexibility index (Phi) is 13.7. The monoisotopic (exact) mass is 370 g/mol. The van der Waals surface area contributed by atoms with Crippen molar-refractivity contribution in [2.45, 2.75) is 52.6 Å². The van der Waals surface area contributed by atoms with Gasteiger partial charge in [0.2, 0.25) is 0 Å². The van der Waals surface area contributed by atoms with Gasteiger partial charge in [-0.05, 0) is 0 Å². The molecule has 0 amide bonds. The number of hydrogen-bond donors (Lipinski definition) is 0. The molecular formula is C18H28FN2O3P. The minimum absolute atomic E-state index is 1.15. The van der Waals surface area contributed by atoms with E-state index in [0.717, 1.165) is 13.1 Å². The summed E-state index contributed by atoms with van der Waals surface area (Å²) in [5, 5.41) is 0. The summed E-state index contributed by atoms with van der Waals surface area (Å²) in [6.07, 6.45) is 13.5. The van der Waals surface area contributed by atoms with Crippen LogP contribution in [0.15, 0.2) is 61.2 Å². The van der Waals surface area contributed by atoms with Crippen LogP contribution in [0, 0.1) is 0 Å². The Hall–Kier alpha value is -1.62. The van der Waals surface area contributed by atoms with Crippen molar-refractivity contribution < 1.29 is 27.7 Å². The molecule has 2 rings (SSSR count). The van der Waals surface area contributed by atoms with E-state index in [1.807, 2.05) is 12.1 Å². The van der Waals surface area contributed by atoms with Crippen LogP contribution in [-0.2, 0) is 17.7 Å². The predicted octanol–water partition coefficient (Wildman–Crippen LogP) is 2.33. The van der Waals surface area contributed by atoms with Crippen molar-refractivity contribution in [2.75, 3.05) is 0 Å². The summed E-state index contributed by atoms with van der Waals surface area (Å²) in [5.74, 6) is 0. The molecule has 0 saturated heterocycles. The number of rotatable bonds is 6. The van der Waals surface area contributed by atoms with Crippen molar-refractivity contribution in [1.82, 2.24) is 0 Å². The quantitative estimate of drug-likeness (QED) is 0.579. The molecule has 2 heterocycles. The molecule has 5 nitrogen and oxygen atoms in total. The summed E-state index contributed by atoms with van der Waals surface area (Å²) < 4.78 is 23.0. The fourth-order valence-corrected chi connectivity index (χ4v) is 1.85. The zero-order chi connectivity index (χ0) is 19.0. The highest BCUT2D eigenvalue weighted by atomic mass is 31.2. The van der Waals surface area contributed by atoms with Gasteiger partial charge in [-0.25, -0.2) is 13.3 Å². The second-order valence-corrected chi connectivity index (χ2v) is 6.23. The van der Waals surface area contributed by atoms with E-state index in [2.05, 4.69) is 72.0 Å². The Labute approximate surface area is 150 Å². The van der Waals surface area contributed by atoms with E-state index in [4.69, 9.17) is 14.4 Å². The maximum Gasteiger partial charge on any atom is 0.168 e.